The van der Waals surface area contributed by atoms with E-state index in [-0.39, 0.29) is 11.4 Å². The SMILES string of the molecule is Cc1ccccc1S(=O)(=O)NNCc1ccccc1C1C(Cl)NCCN1C(=O)OC(C)(C)C. The van der Waals surface area contributed by atoms with Crippen molar-refractivity contribution in [3.05, 3.63) is 65.2 Å². The molecule has 10 heteroatoms. The van der Waals surface area contributed by atoms with Crippen molar-refractivity contribution in [3.63, 3.8) is 0 Å². The third kappa shape index (κ3) is 6.45. The second-order valence-electron chi connectivity index (χ2n) is 8.90. The Hall–Kier alpha value is -2.17. The maximum Gasteiger partial charge on any atom is 0.410 e. The second kappa shape index (κ2) is 10.4. The number of amides is 1. The summed E-state index contributed by atoms with van der Waals surface area (Å²) in [6.45, 7) is 8.37. The minimum Gasteiger partial charge on any atom is -0.444 e. The average Bonchev–Trinajstić information content (AvgIpc) is 2.73. The third-order valence-corrected chi connectivity index (χ3v) is 7.02. The van der Waals surface area contributed by atoms with Crippen molar-refractivity contribution >= 4 is 27.7 Å². The highest BCUT2D eigenvalue weighted by Gasteiger charge is 2.37. The fourth-order valence-corrected chi connectivity index (χ4v) is 5.21. The van der Waals surface area contributed by atoms with E-state index in [1.807, 2.05) is 45.0 Å². The van der Waals surface area contributed by atoms with Crippen LogP contribution in [0.2, 0.25) is 0 Å². The van der Waals surface area contributed by atoms with Crippen molar-refractivity contribution in [2.45, 2.75) is 56.3 Å². The largest absolute Gasteiger partial charge is 0.444 e. The number of benzene rings is 2. The van der Waals surface area contributed by atoms with E-state index in [1.54, 1.807) is 36.1 Å². The Bertz CT molecular complexity index is 1090. The van der Waals surface area contributed by atoms with Crippen LogP contribution in [0.4, 0.5) is 4.79 Å². The topological polar surface area (TPSA) is 99.8 Å². The molecule has 2 atom stereocenters. The van der Waals surface area contributed by atoms with E-state index in [1.165, 1.54) is 0 Å². The molecular formula is C23H31ClN4O4S. The van der Waals surface area contributed by atoms with Gasteiger partial charge in [-0.3, -0.25) is 10.2 Å². The van der Waals surface area contributed by atoms with Crippen LogP contribution in [0.1, 0.15) is 43.5 Å². The molecule has 0 radical (unpaired) electrons. The summed E-state index contributed by atoms with van der Waals surface area (Å²) in [5.41, 5.74) is 3.90. The van der Waals surface area contributed by atoms with Crippen molar-refractivity contribution in [1.82, 2.24) is 20.5 Å². The Morgan fingerprint density at radius 3 is 2.55 bits per heavy atom. The van der Waals surface area contributed by atoms with Crippen LogP contribution in [-0.2, 0) is 21.3 Å². The fourth-order valence-electron chi connectivity index (χ4n) is 3.71. The predicted molar refractivity (Wildman–Crippen MR) is 128 cm³/mol. The minimum absolute atomic E-state index is 0.198. The van der Waals surface area contributed by atoms with Crippen molar-refractivity contribution in [2.75, 3.05) is 13.1 Å². The molecule has 0 spiro atoms. The first-order valence-corrected chi connectivity index (χ1v) is 12.7. The molecule has 33 heavy (non-hydrogen) atoms. The monoisotopic (exact) mass is 494 g/mol. The first-order chi connectivity index (χ1) is 15.5. The summed E-state index contributed by atoms with van der Waals surface area (Å²) < 4.78 is 31.0. The van der Waals surface area contributed by atoms with Gasteiger partial charge in [-0.15, -0.1) is 16.4 Å². The van der Waals surface area contributed by atoms with Crippen LogP contribution in [0.15, 0.2) is 53.4 Å². The normalized spacial score (nSPS) is 19.4. The van der Waals surface area contributed by atoms with Gasteiger partial charge in [0.05, 0.1) is 10.9 Å². The number of hydrogen-bond donors (Lipinski definition) is 3. The van der Waals surface area contributed by atoms with E-state index in [0.717, 1.165) is 11.1 Å². The molecule has 0 aliphatic carbocycles. The van der Waals surface area contributed by atoms with Gasteiger partial charge in [-0.1, -0.05) is 42.5 Å². The van der Waals surface area contributed by atoms with Gasteiger partial charge < -0.3 is 4.74 Å². The summed E-state index contributed by atoms with van der Waals surface area (Å²) in [5.74, 6) is 0. The summed E-state index contributed by atoms with van der Waals surface area (Å²) in [7, 11) is -3.74. The maximum atomic E-state index is 12.9. The first kappa shape index (κ1) is 25.5. The Morgan fingerprint density at radius 2 is 1.85 bits per heavy atom. The molecule has 1 heterocycles. The first-order valence-electron chi connectivity index (χ1n) is 10.7. The van der Waals surface area contributed by atoms with Gasteiger partial charge in [0.1, 0.15) is 11.1 Å². The number of hydrazine groups is 1. The fraction of sp³-hybridized carbons (Fsp3) is 0.435. The summed E-state index contributed by atoms with van der Waals surface area (Å²) in [6, 6.07) is 13.8. The molecule has 0 bridgehead atoms. The van der Waals surface area contributed by atoms with Crippen LogP contribution in [0.3, 0.4) is 0 Å². The van der Waals surface area contributed by atoms with Crippen LogP contribution < -0.4 is 15.6 Å². The van der Waals surface area contributed by atoms with Gasteiger partial charge >= 0.3 is 6.09 Å². The van der Waals surface area contributed by atoms with Gasteiger partial charge in [-0.2, -0.15) is 0 Å². The molecule has 2 unspecified atom stereocenters. The number of aryl methyl sites for hydroxylation is 1. The Kier molecular flexibility index (Phi) is 8.02. The molecule has 1 amide bonds. The standard InChI is InChI=1S/C23H31ClN4O4S/c1-16-9-5-8-12-19(16)33(30,31)27-26-15-17-10-6-7-11-18(17)20-21(24)25-13-14-28(20)22(29)32-23(2,3)4/h5-12,20-21,25-27H,13-15H2,1-4H3. The molecular weight excluding hydrogens is 464 g/mol. The lowest BCUT2D eigenvalue weighted by molar-refractivity contribution is 0.00962. The van der Waals surface area contributed by atoms with Crippen molar-refractivity contribution in [3.8, 4) is 0 Å². The van der Waals surface area contributed by atoms with Crippen LogP contribution in [0.5, 0.6) is 0 Å². The summed E-state index contributed by atoms with van der Waals surface area (Å²) in [6.07, 6.45) is -0.442. The van der Waals surface area contributed by atoms with E-state index >= 15 is 0 Å². The van der Waals surface area contributed by atoms with Crippen LogP contribution in [0.25, 0.3) is 0 Å². The smallest absolute Gasteiger partial charge is 0.410 e. The number of ether oxygens (including phenoxy) is 1. The Balaban J connectivity index is 1.80. The Morgan fingerprint density at radius 1 is 1.18 bits per heavy atom. The van der Waals surface area contributed by atoms with Gasteiger partial charge in [-0.05, 0) is 50.5 Å². The minimum atomic E-state index is -3.74. The molecule has 1 saturated heterocycles. The maximum absolute atomic E-state index is 12.9. The van der Waals surface area contributed by atoms with E-state index < -0.39 is 33.3 Å². The van der Waals surface area contributed by atoms with Gasteiger partial charge in [0, 0.05) is 19.6 Å². The highest BCUT2D eigenvalue weighted by Crippen LogP contribution is 2.32. The number of halogens is 1. The highest BCUT2D eigenvalue weighted by molar-refractivity contribution is 7.89. The van der Waals surface area contributed by atoms with E-state index in [0.29, 0.717) is 18.7 Å². The molecule has 8 nitrogen and oxygen atoms in total. The molecule has 180 valence electrons. The van der Waals surface area contributed by atoms with Crippen LogP contribution >= 0.6 is 11.6 Å². The van der Waals surface area contributed by atoms with E-state index in [9.17, 15) is 13.2 Å². The predicted octanol–water partition coefficient (Wildman–Crippen LogP) is 3.42. The zero-order valence-corrected chi connectivity index (χ0v) is 20.8. The Labute approximate surface area is 200 Å². The molecule has 0 aromatic heterocycles. The quantitative estimate of drug-likeness (QED) is 0.323. The molecule has 1 aliphatic rings. The third-order valence-electron chi connectivity index (χ3n) is 5.18. The molecule has 2 aromatic carbocycles. The average molecular weight is 495 g/mol. The lowest BCUT2D eigenvalue weighted by Crippen LogP contribution is -2.53. The van der Waals surface area contributed by atoms with Crippen molar-refractivity contribution in [2.24, 2.45) is 0 Å². The second-order valence-corrected chi connectivity index (χ2v) is 11.0. The summed E-state index contributed by atoms with van der Waals surface area (Å²) in [4.78, 5) is 17.2. The number of alkyl halides is 1. The van der Waals surface area contributed by atoms with E-state index in [4.69, 9.17) is 16.3 Å². The zero-order valence-electron chi connectivity index (χ0n) is 19.3. The van der Waals surface area contributed by atoms with Gasteiger partial charge in [-0.25, -0.2) is 18.6 Å². The molecule has 1 fully saturated rings. The zero-order chi connectivity index (χ0) is 24.2. The molecule has 2 aromatic rings. The molecule has 3 rings (SSSR count). The number of hydrogen-bond acceptors (Lipinski definition) is 6. The van der Waals surface area contributed by atoms with Crippen molar-refractivity contribution in [1.29, 1.82) is 0 Å². The van der Waals surface area contributed by atoms with Gasteiger partial charge in [0.15, 0.2) is 0 Å². The summed E-state index contributed by atoms with van der Waals surface area (Å²) in [5, 5.41) is 3.20. The molecule has 3 N–H and O–H groups in total. The number of carbonyl (C=O) groups excluding carboxylic acids is 1. The van der Waals surface area contributed by atoms with Gasteiger partial charge in [0.25, 0.3) is 10.0 Å². The van der Waals surface area contributed by atoms with Crippen LogP contribution in [-0.4, -0.2) is 43.6 Å². The number of nitrogens with zero attached hydrogens (tertiary/aromatic N) is 1. The number of nitrogens with one attached hydrogen (secondary N) is 3. The summed E-state index contributed by atoms with van der Waals surface area (Å²) >= 11 is 6.61. The van der Waals surface area contributed by atoms with Crippen molar-refractivity contribution < 1.29 is 17.9 Å². The number of piperazine rings is 1. The number of carbonyl (C=O) groups is 1. The number of sulfonamides is 1. The highest BCUT2D eigenvalue weighted by atomic mass is 35.5. The molecule has 0 saturated carbocycles. The van der Waals surface area contributed by atoms with Gasteiger partial charge in [0.2, 0.25) is 0 Å². The number of rotatable bonds is 6. The van der Waals surface area contributed by atoms with E-state index in [2.05, 4.69) is 15.6 Å². The lowest BCUT2D eigenvalue weighted by atomic mass is 9.97. The van der Waals surface area contributed by atoms with Crippen LogP contribution in [0, 0.1) is 6.92 Å². The lowest BCUT2D eigenvalue weighted by Gasteiger charge is -2.40. The molecule has 1 aliphatic heterocycles.